The summed E-state index contributed by atoms with van der Waals surface area (Å²) in [5.41, 5.74) is 1.04. The van der Waals surface area contributed by atoms with E-state index in [0.29, 0.717) is 6.54 Å². The summed E-state index contributed by atoms with van der Waals surface area (Å²) in [5, 5.41) is 13.5. The molecule has 6 heteroatoms. The third kappa shape index (κ3) is 3.15. The molecule has 1 amide bonds. The maximum atomic E-state index is 12.1. The first-order valence-corrected chi connectivity index (χ1v) is 8.37. The molecule has 0 saturated heterocycles. The Bertz CT molecular complexity index is 631. The predicted molar refractivity (Wildman–Crippen MR) is 82.7 cm³/mol. The molecule has 3 heterocycles. The molecule has 0 atom stereocenters. The monoisotopic (exact) mass is 304 g/mol. The lowest BCUT2D eigenvalue weighted by Crippen LogP contribution is -2.26. The molecule has 2 aromatic heterocycles. The minimum Gasteiger partial charge on any atom is -0.351 e. The second-order valence-corrected chi connectivity index (χ2v) is 6.35. The Morgan fingerprint density at radius 2 is 2.29 bits per heavy atom. The average Bonchev–Trinajstić information content (AvgIpc) is 2.99. The lowest BCUT2D eigenvalue weighted by molar-refractivity contribution is 0.0957. The first-order valence-electron chi connectivity index (χ1n) is 7.49. The van der Waals surface area contributed by atoms with Crippen LogP contribution in [0, 0.1) is 6.92 Å². The Morgan fingerprint density at radius 1 is 1.38 bits per heavy atom. The fraction of sp³-hybridized carbons (Fsp3) is 0.533. The maximum absolute atomic E-state index is 12.1. The number of hydrogen-bond donors (Lipinski definition) is 1. The Kier molecular flexibility index (Phi) is 4.34. The van der Waals surface area contributed by atoms with Gasteiger partial charge in [0.1, 0.15) is 11.6 Å². The molecule has 1 aliphatic heterocycles. The lowest BCUT2D eigenvalue weighted by Gasteiger charge is -2.07. The highest BCUT2D eigenvalue weighted by Gasteiger charge is 2.15. The normalized spacial score (nSPS) is 14.5. The van der Waals surface area contributed by atoms with Crippen LogP contribution in [0.25, 0.3) is 0 Å². The predicted octanol–water partition coefficient (Wildman–Crippen LogP) is 2.35. The summed E-state index contributed by atoms with van der Waals surface area (Å²) in [6, 6.07) is 1.97. The zero-order valence-electron chi connectivity index (χ0n) is 12.3. The van der Waals surface area contributed by atoms with Gasteiger partial charge in [-0.15, -0.1) is 21.5 Å². The average molecular weight is 304 g/mol. The van der Waals surface area contributed by atoms with Gasteiger partial charge in [-0.25, -0.2) is 0 Å². The molecule has 1 aliphatic rings. The molecule has 0 saturated carbocycles. The van der Waals surface area contributed by atoms with E-state index in [9.17, 15) is 4.79 Å². The van der Waals surface area contributed by atoms with Gasteiger partial charge in [0.15, 0.2) is 0 Å². The molecule has 0 aromatic carbocycles. The van der Waals surface area contributed by atoms with Crippen molar-refractivity contribution in [3.8, 4) is 0 Å². The van der Waals surface area contributed by atoms with Crippen LogP contribution in [0.5, 0.6) is 0 Å². The molecule has 0 radical (unpaired) electrons. The number of fused-ring (bicyclic) bond motifs is 1. The smallest absolute Gasteiger partial charge is 0.261 e. The molecule has 0 unspecified atom stereocenters. The van der Waals surface area contributed by atoms with Gasteiger partial charge < -0.3 is 9.88 Å². The van der Waals surface area contributed by atoms with Crippen LogP contribution >= 0.6 is 11.3 Å². The van der Waals surface area contributed by atoms with Gasteiger partial charge in [0.2, 0.25) is 0 Å². The summed E-state index contributed by atoms with van der Waals surface area (Å²) in [6.45, 7) is 3.58. The Morgan fingerprint density at radius 3 is 3.10 bits per heavy atom. The van der Waals surface area contributed by atoms with E-state index in [2.05, 4.69) is 20.1 Å². The van der Waals surface area contributed by atoms with Crippen LogP contribution in [0.4, 0.5) is 0 Å². The molecule has 112 valence electrons. The highest BCUT2D eigenvalue weighted by atomic mass is 32.1. The number of carbonyl (C=O) groups excluding carboxylic acids is 1. The van der Waals surface area contributed by atoms with Crippen molar-refractivity contribution in [2.75, 3.05) is 6.54 Å². The van der Waals surface area contributed by atoms with Gasteiger partial charge in [-0.05, 0) is 36.8 Å². The number of hydrogen-bond acceptors (Lipinski definition) is 4. The maximum Gasteiger partial charge on any atom is 0.261 e. The van der Waals surface area contributed by atoms with Crippen molar-refractivity contribution < 1.29 is 4.79 Å². The fourth-order valence-electron chi connectivity index (χ4n) is 2.70. The molecule has 0 bridgehead atoms. The number of rotatable bonds is 4. The van der Waals surface area contributed by atoms with Gasteiger partial charge in [0, 0.05) is 25.9 Å². The zero-order valence-corrected chi connectivity index (χ0v) is 13.1. The van der Waals surface area contributed by atoms with E-state index in [1.807, 2.05) is 18.4 Å². The SMILES string of the molecule is Cc1ccsc1C(=O)NCCc1nnc2n1CCCCC2. The second kappa shape index (κ2) is 6.39. The first kappa shape index (κ1) is 14.3. The summed E-state index contributed by atoms with van der Waals surface area (Å²) in [6.07, 6.45) is 5.42. The highest BCUT2D eigenvalue weighted by molar-refractivity contribution is 7.12. The Labute approximate surface area is 128 Å². The van der Waals surface area contributed by atoms with Crippen LogP contribution in [0.15, 0.2) is 11.4 Å². The molecule has 3 rings (SSSR count). The standard InChI is InChI=1S/C15H20N4OS/c1-11-7-10-21-14(11)15(20)16-8-6-13-18-17-12-5-3-2-4-9-19(12)13/h7,10H,2-6,8-9H2,1H3,(H,16,20). The van der Waals surface area contributed by atoms with E-state index >= 15 is 0 Å². The summed E-state index contributed by atoms with van der Waals surface area (Å²) in [5.74, 6) is 2.11. The van der Waals surface area contributed by atoms with Gasteiger partial charge in [-0.1, -0.05) is 6.42 Å². The minimum absolute atomic E-state index is 0.0121. The number of nitrogens with zero attached hydrogens (tertiary/aromatic N) is 3. The van der Waals surface area contributed by atoms with E-state index in [-0.39, 0.29) is 5.91 Å². The van der Waals surface area contributed by atoms with Crippen molar-refractivity contribution in [1.29, 1.82) is 0 Å². The van der Waals surface area contributed by atoms with E-state index in [1.54, 1.807) is 0 Å². The molecule has 2 aromatic rings. The van der Waals surface area contributed by atoms with Gasteiger partial charge in [0.05, 0.1) is 4.88 Å². The fourth-order valence-corrected chi connectivity index (χ4v) is 3.55. The molecular weight excluding hydrogens is 284 g/mol. The van der Waals surface area contributed by atoms with Crippen molar-refractivity contribution in [3.63, 3.8) is 0 Å². The molecule has 0 aliphatic carbocycles. The summed E-state index contributed by atoms with van der Waals surface area (Å²) in [4.78, 5) is 12.9. The van der Waals surface area contributed by atoms with E-state index in [4.69, 9.17) is 0 Å². The highest BCUT2D eigenvalue weighted by Crippen LogP contribution is 2.16. The number of carbonyl (C=O) groups is 1. The summed E-state index contributed by atoms with van der Waals surface area (Å²) in [7, 11) is 0. The van der Waals surface area contributed by atoms with E-state index in [0.717, 1.165) is 41.5 Å². The van der Waals surface area contributed by atoms with Gasteiger partial charge >= 0.3 is 0 Å². The number of nitrogens with one attached hydrogen (secondary N) is 1. The number of thiophene rings is 1. The largest absolute Gasteiger partial charge is 0.351 e. The van der Waals surface area contributed by atoms with Crippen LogP contribution in [-0.2, 0) is 19.4 Å². The Hall–Kier alpha value is -1.69. The molecule has 0 fully saturated rings. The van der Waals surface area contributed by atoms with E-state index in [1.165, 1.54) is 30.6 Å². The van der Waals surface area contributed by atoms with Crippen LogP contribution in [0.3, 0.4) is 0 Å². The summed E-state index contributed by atoms with van der Waals surface area (Å²) < 4.78 is 2.23. The quantitative estimate of drug-likeness (QED) is 0.943. The van der Waals surface area contributed by atoms with Crippen molar-refractivity contribution in [2.24, 2.45) is 0 Å². The van der Waals surface area contributed by atoms with E-state index < -0.39 is 0 Å². The van der Waals surface area contributed by atoms with Gasteiger partial charge in [-0.2, -0.15) is 0 Å². The summed E-state index contributed by atoms with van der Waals surface area (Å²) >= 11 is 1.49. The molecule has 1 N–H and O–H groups in total. The molecule has 0 spiro atoms. The third-order valence-electron chi connectivity index (χ3n) is 3.89. The number of amides is 1. The number of aryl methyl sites for hydroxylation is 2. The lowest BCUT2D eigenvalue weighted by atomic mass is 10.2. The van der Waals surface area contributed by atoms with Crippen molar-refractivity contribution in [3.05, 3.63) is 33.5 Å². The molecule has 21 heavy (non-hydrogen) atoms. The van der Waals surface area contributed by atoms with Gasteiger partial charge in [0.25, 0.3) is 5.91 Å². The van der Waals surface area contributed by atoms with Crippen molar-refractivity contribution in [2.45, 2.75) is 45.6 Å². The molecular formula is C15H20N4OS. The molecule has 5 nitrogen and oxygen atoms in total. The van der Waals surface area contributed by atoms with Crippen LogP contribution in [0.2, 0.25) is 0 Å². The zero-order chi connectivity index (χ0) is 14.7. The minimum atomic E-state index is 0.0121. The Balaban J connectivity index is 1.57. The topological polar surface area (TPSA) is 59.8 Å². The first-order chi connectivity index (χ1) is 10.3. The van der Waals surface area contributed by atoms with Crippen LogP contribution in [-0.4, -0.2) is 27.2 Å². The van der Waals surface area contributed by atoms with Crippen molar-refractivity contribution >= 4 is 17.2 Å². The van der Waals surface area contributed by atoms with Crippen molar-refractivity contribution in [1.82, 2.24) is 20.1 Å². The van der Waals surface area contributed by atoms with Crippen LogP contribution in [0.1, 0.15) is 46.1 Å². The third-order valence-corrected chi connectivity index (χ3v) is 4.90. The number of aromatic nitrogens is 3. The van der Waals surface area contributed by atoms with Crippen LogP contribution < -0.4 is 5.32 Å². The van der Waals surface area contributed by atoms with Gasteiger partial charge in [-0.3, -0.25) is 4.79 Å². The second-order valence-electron chi connectivity index (χ2n) is 5.43.